The fraction of sp³-hybridized carbons (Fsp3) is 0.364. The number of carboxylic acid groups (broad SMARTS) is 1. The Bertz CT molecular complexity index is 341. The predicted molar refractivity (Wildman–Crippen MR) is 63.0 cm³/mol. The number of aryl methyl sites for hydroxylation is 1. The minimum absolute atomic E-state index is 0.448. The van der Waals surface area contributed by atoms with Crippen molar-refractivity contribution in [3.63, 3.8) is 0 Å². The van der Waals surface area contributed by atoms with E-state index in [4.69, 9.17) is 10.8 Å². The van der Waals surface area contributed by atoms with Crippen LogP contribution in [-0.4, -0.2) is 22.9 Å². The number of thioether (sulfide) groups is 1. The predicted octanol–water partition coefficient (Wildman–Crippen LogP) is 1.64. The fourth-order valence-electron chi connectivity index (χ4n) is 1.14. The molecule has 0 aliphatic heterocycles. The maximum absolute atomic E-state index is 10.5. The lowest BCUT2D eigenvalue weighted by Gasteiger charge is -2.07. The van der Waals surface area contributed by atoms with Gasteiger partial charge < -0.3 is 10.8 Å². The summed E-state index contributed by atoms with van der Waals surface area (Å²) in [5.41, 5.74) is 7.86. The van der Waals surface area contributed by atoms with Crippen LogP contribution in [0.2, 0.25) is 0 Å². The van der Waals surface area contributed by atoms with Gasteiger partial charge in [0.15, 0.2) is 0 Å². The van der Waals surface area contributed by atoms with Gasteiger partial charge >= 0.3 is 5.97 Å². The van der Waals surface area contributed by atoms with Crippen LogP contribution in [0, 0.1) is 6.92 Å². The van der Waals surface area contributed by atoms with E-state index in [0.29, 0.717) is 5.75 Å². The minimum atomic E-state index is -0.938. The highest BCUT2D eigenvalue weighted by molar-refractivity contribution is 7.98. The first kappa shape index (κ1) is 12.1. The molecule has 0 bridgehead atoms. The van der Waals surface area contributed by atoms with Gasteiger partial charge in [-0.25, -0.2) is 0 Å². The van der Waals surface area contributed by atoms with Crippen LogP contribution in [0.3, 0.4) is 0 Å². The average Bonchev–Trinajstić information content (AvgIpc) is 2.20. The lowest BCUT2D eigenvalue weighted by atomic mass is 10.1. The van der Waals surface area contributed by atoms with Crippen molar-refractivity contribution in [3.8, 4) is 0 Å². The minimum Gasteiger partial charge on any atom is -0.480 e. The Labute approximate surface area is 93.7 Å². The van der Waals surface area contributed by atoms with Crippen molar-refractivity contribution < 1.29 is 9.90 Å². The summed E-state index contributed by atoms with van der Waals surface area (Å²) < 4.78 is 0. The number of nitrogens with two attached hydrogens (primary N) is 1. The fourth-order valence-corrected chi connectivity index (χ4v) is 2.20. The van der Waals surface area contributed by atoms with E-state index in [9.17, 15) is 4.79 Å². The van der Waals surface area contributed by atoms with Gasteiger partial charge in [0, 0.05) is 11.5 Å². The van der Waals surface area contributed by atoms with Crippen LogP contribution in [-0.2, 0) is 10.5 Å². The second-order valence-corrected chi connectivity index (χ2v) is 4.42. The molecule has 0 amide bonds. The molecule has 0 aromatic heterocycles. The molecule has 1 unspecified atom stereocenters. The summed E-state index contributed by atoms with van der Waals surface area (Å²) >= 11 is 1.55. The van der Waals surface area contributed by atoms with E-state index in [2.05, 4.69) is 6.07 Å². The number of benzene rings is 1. The lowest BCUT2D eigenvalue weighted by Crippen LogP contribution is -2.32. The van der Waals surface area contributed by atoms with Crippen LogP contribution < -0.4 is 5.73 Å². The number of hydrogen-bond donors (Lipinski definition) is 2. The zero-order chi connectivity index (χ0) is 11.3. The zero-order valence-electron chi connectivity index (χ0n) is 8.64. The molecule has 4 heteroatoms. The molecule has 1 aromatic carbocycles. The summed E-state index contributed by atoms with van der Waals surface area (Å²) in [5.74, 6) is 0.324. The van der Waals surface area contributed by atoms with Crippen LogP contribution >= 0.6 is 11.8 Å². The van der Waals surface area contributed by atoms with Crippen LogP contribution in [0.5, 0.6) is 0 Å². The third-order valence-corrected chi connectivity index (χ3v) is 3.24. The van der Waals surface area contributed by atoms with Crippen molar-refractivity contribution in [2.75, 3.05) is 5.75 Å². The highest BCUT2D eigenvalue weighted by Gasteiger charge is 2.10. The monoisotopic (exact) mass is 225 g/mol. The molecule has 0 aliphatic rings. The smallest absolute Gasteiger partial charge is 0.321 e. The quantitative estimate of drug-likeness (QED) is 0.799. The maximum atomic E-state index is 10.5. The van der Waals surface area contributed by atoms with Crippen LogP contribution in [0.1, 0.15) is 11.1 Å². The topological polar surface area (TPSA) is 63.3 Å². The lowest BCUT2D eigenvalue weighted by molar-refractivity contribution is -0.137. The van der Waals surface area contributed by atoms with E-state index < -0.39 is 12.0 Å². The molecule has 3 nitrogen and oxygen atoms in total. The number of carboxylic acids is 1. The van der Waals surface area contributed by atoms with E-state index in [0.717, 1.165) is 5.75 Å². The molecule has 0 saturated heterocycles. The molecular formula is C11H15NO2S. The van der Waals surface area contributed by atoms with Gasteiger partial charge in [-0.2, -0.15) is 11.8 Å². The van der Waals surface area contributed by atoms with E-state index in [1.807, 2.05) is 25.1 Å². The summed E-state index contributed by atoms with van der Waals surface area (Å²) in [7, 11) is 0. The summed E-state index contributed by atoms with van der Waals surface area (Å²) in [5, 5.41) is 8.60. The molecular weight excluding hydrogens is 210 g/mol. The normalized spacial score (nSPS) is 12.4. The molecule has 15 heavy (non-hydrogen) atoms. The Kier molecular flexibility index (Phi) is 4.65. The molecule has 0 saturated carbocycles. The highest BCUT2D eigenvalue weighted by Crippen LogP contribution is 2.16. The molecule has 0 fully saturated rings. The van der Waals surface area contributed by atoms with Gasteiger partial charge in [-0.1, -0.05) is 24.3 Å². The summed E-state index contributed by atoms with van der Waals surface area (Å²) in [6, 6.07) is 7.31. The Hall–Kier alpha value is -1.00. The Morgan fingerprint density at radius 3 is 2.80 bits per heavy atom. The van der Waals surface area contributed by atoms with Crippen LogP contribution in [0.25, 0.3) is 0 Å². The first-order chi connectivity index (χ1) is 7.11. The van der Waals surface area contributed by atoms with Gasteiger partial charge in [-0.05, 0) is 18.1 Å². The number of carbonyl (C=O) groups is 1. The highest BCUT2D eigenvalue weighted by atomic mass is 32.2. The van der Waals surface area contributed by atoms with Gasteiger partial charge in [-0.3, -0.25) is 4.79 Å². The summed E-state index contributed by atoms with van der Waals surface area (Å²) in [6.45, 7) is 2.05. The first-order valence-electron chi connectivity index (χ1n) is 4.72. The molecule has 0 spiro atoms. The SMILES string of the molecule is Cc1ccccc1CSCC(N)C(=O)O. The van der Waals surface area contributed by atoms with E-state index >= 15 is 0 Å². The third kappa shape index (κ3) is 3.93. The van der Waals surface area contributed by atoms with Crippen molar-refractivity contribution in [2.24, 2.45) is 5.73 Å². The molecule has 3 N–H and O–H groups in total. The van der Waals surface area contributed by atoms with E-state index in [1.165, 1.54) is 11.1 Å². The van der Waals surface area contributed by atoms with E-state index in [-0.39, 0.29) is 0 Å². The van der Waals surface area contributed by atoms with Crippen LogP contribution in [0.15, 0.2) is 24.3 Å². The number of hydrogen-bond acceptors (Lipinski definition) is 3. The van der Waals surface area contributed by atoms with Crippen molar-refractivity contribution in [1.29, 1.82) is 0 Å². The second kappa shape index (κ2) is 5.78. The van der Waals surface area contributed by atoms with Gasteiger partial charge in [0.25, 0.3) is 0 Å². The first-order valence-corrected chi connectivity index (χ1v) is 5.87. The van der Waals surface area contributed by atoms with Crippen molar-refractivity contribution >= 4 is 17.7 Å². The average molecular weight is 225 g/mol. The Morgan fingerprint density at radius 1 is 1.53 bits per heavy atom. The molecule has 1 atom stereocenters. The number of aliphatic carboxylic acids is 1. The largest absolute Gasteiger partial charge is 0.480 e. The second-order valence-electron chi connectivity index (χ2n) is 3.39. The van der Waals surface area contributed by atoms with Crippen molar-refractivity contribution in [2.45, 2.75) is 18.7 Å². The van der Waals surface area contributed by atoms with Crippen molar-refractivity contribution in [3.05, 3.63) is 35.4 Å². The van der Waals surface area contributed by atoms with Gasteiger partial charge in [-0.15, -0.1) is 0 Å². The zero-order valence-corrected chi connectivity index (χ0v) is 9.46. The molecule has 0 heterocycles. The molecule has 1 aromatic rings. The van der Waals surface area contributed by atoms with Crippen molar-refractivity contribution in [1.82, 2.24) is 0 Å². The maximum Gasteiger partial charge on any atom is 0.321 e. The van der Waals surface area contributed by atoms with Gasteiger partial charge in [0.2, 0.25) is 0 Å². The Balaban J connectivity index is 2.38. The van der Waals surface area contributed by atoms with Gasteiger partial charge in [0.1, 0.15) is 6.04 Å². The third-order valence-electron chi connectivity index (χ3n) is 2.13. The van der Waals surface area contributed by atoms with E-state index in [1.54, 1.807) is 11.8 Å². The number of rotatable bonds is 5. The summed E-state index contributed by atoms with van der Waals surface area (Å²) in [6.07, 6.45) is 0. The van der Waals surface area contributed by atoms with Gasteiger partial charge in [0.05, 0.1) is 0 Å². The summed E-state index contributed by atoms with van der Waals surface area (Å²) in [4.78, 5) is 10.5. The molecule has 1 rings (SSSR count). The molecule has 0 radical (unpaired) electrons. The molecule has 82 valence electrons. The van der Waals surface area contributed by atoms with Crippen LogP contribution in [0.4, 0.5) is 0 Å². The standard InChI is InChI=1S/C11H15NO2S/c1-8-4-2-3-5-9(8)6-15-7-10(12)11(13)14/h2-5,10H,6-7,12H2,1H3,(H,13,14). The Morgan fingerprint density at radius 2 is 2.20 bits per heavy atom. The molecule has 0 aliphatic carbocycles.